The summed E-state index contributed by atoms with van der Waals surface area (Å²) in [4.78, 5) is 0. The van der Waals surface area contributed by atoms with Gasteiger partial charge in [-0.3, -0.25) is 0 Å². The minimum atomic E-state index is 0.556. The smallest absolute Gasteiger partial charge is 0.00597 e. The molecule has 0 heterocycles. The average Bonchev–Trinajstić information content (AvgIpc) is 3.04. The van der Waals surface area contributed by atoms with Crippen LogP contribution in [0, 0.1) is 62.6 Å². The third-order valence-electron chi connectivity index (χ3n) is 13.7. The molecule has 0 aromatic rings. The van der Waals surface area contributed by atoms with Crippen LogP contribution in [0.4, 0.5) is 0 Å². The number of hydrogen-bond acceptors (Lipinski definition) is 0. The Hall–Kier alpha value is 0.480. The zero-order valence-corrected chi connectivity index (χ0v) is 23.4. The van der Waals surface area contributed by atoms with Gasteiger partial charge in [-0.1, -0.05) is 70.8 Å². The summed E-state index contributed by atoms with van der Waals surface area (Å²) in [6.45, 7) is 18.9. The number of hydrogen-bond donors (Lipinski definition) is 0. The molecule has 31 heavy (non-hydrogen) atoms. The van der Waals surface area contributed by atoms with E-state index in [9.17, 15) is 0 Å². The van der Waals surface area contributed by atoms with E-state index in [2.05, 4.69) is 64.4 Å². The van der Waals surface area contributed by atoms with Crippen LogP contribution >= 0.6 is 15.9 Å². The highest BCUT2D eigenvalue weighted by molar-refractivity contribution is 9.09. The van der Waals surface area contributed by atoms with E-state index < -0.39 is 0 Å². The van der Waals surface area contributed by atoms with Gasteiger partial charge in [0, 0.05) is 5.33 Å². The number of halogens is 1. The largest absolute Gasteiger partial charge is 0.0925 e. The molecule has 1 unspecified atom stereocenters. The molecule has 5 aliphatic carbocycles. The topological polar surface area (TPSA) is 0 Å². The van der Waals surface area contributed by atoms with Gasteiger partial charge in [-0.15, -0.1) is 0 Å². The molecular weight excluding hydrogens is 440 g/mol. The standard InChI is InChI=1S/C30H51Br/c1-20(19-31)21-11-16-27(4)22(21)12-17-29(6)24(27)9-10-25-28(5)15-8-14-26(2,3)23(28)13-18-30(25,29)7/h20-25H,8-19H2,1-7H3/t20?,21-,22+,23+,24-,25-,27+,28+,29-,30-/m1/s1. The van der Waals surface area contributed by atoms with E-state index in [-0.39, 0.29) is 0 Å². The molecule has 0 N–H and O–H groups in total. The lowest BCUT2D eigenvalue weighted by Gasteiger charge is -2.73. The van der Waals surface area contributed by atoms with Crippen LogP contribution in [0.5, 0.6) is 0 Å². The highest BCUT2D eigenvalue weighted by atomic mass is 79.9. The van der Waals surface area contributed by atoms with Crippen LogP contribution in [0.1, 0.15) is 119 Å². The van der Waals surface area contributed by atoms with Crippen LogP contribution in [0.25, 0.3) is 0 Å². The third-order valence-corrected chi connectivity index (χ3v) is 14.8. The molecule has 0 aromatic heterocycles. The van der Waals surface area contributed by atoms with E-state index in [1.807, 2.05) is 0 Å². The monoisotopic (exact) mass is 490 g/mol. The molecule has 0 amide bonds. The van der Waals surface area contributed by atoms with E-state index >= 15 is 0 Å². The Morgan fingerprint density at radius 2 is 1.29 bits per heavy atom. The van der Waals surface area contributed by atoms with Crippen molar-refractivity contribution in [3.63, 3.8) is 0 Å². The maximum absolute atomic E-state index is 3.84. The Kier molecular flexibility index (Phi) is 5.43. The first-order chi connectivity index (χ1) is 14.4. The zero-order valence-electron chi connectivity index (χ0n) is 21.8. The summed E-state index contributed by atoms with van der Waals surface area (Å²) < 4.78 is 0. The van der Waals surface area contributed by atoms with Gasteiger partial charge in [-0.05, 0) is 127 Å². The first-order valence-electron chi connectivity index (χ1n) is 14.0. The molecule has 0 spiro atoms. The normalized spacial score (nSPS) is 56.7. The second kappa shape index (κ2) is 7.24. The van der Waals surface area contributed by atoms with Gasteiger partial charge in [0.05, 0.1) is 0 Å². The molecule has 5 aliphatic rings. The van der Waals surface area contributed by atoms with Crippen LogP contribution in [0.2, 0.25) is 0 Å². The second-order valence-electron chi connectivity index (χ2n) is 14.9. The second-order valence-corrected chi connectivity index (χ2v) is 15.6. The van der Waals surface area contributed by atoms with Crippen LogP contribution < -0.4 is 0 Å². The summed E-state index contributed by atoms with van der Waals surface area (Å²) in [5.41, 5.74) is 2.86. The number of rotatable bonds is 2. The lowest BCUT2D eigenvalue weighted by Crippen LogP contribution is -2.65. The molecule has 0 aromatic carbocycles. The highest BCUT2D eigenvalue weighted by Crippen LogP contribution is 2.78. The summed E-state index contributed by atoms with van der Waals surface area (Å²) >= 11 is 3.84. The Morgan fingerprint density at radius 1 is 0.677 bits per heavy atom. The maximum atomic E-state index is 3.84. The molecule has 5 fully saturated rings. The summed E-state index contributed by atoms with van der Waals surface area (Å²) in [6, 6.07) is 0. The molecule has 5 saturated carbocycles. The summed E-state index contributed by atoms with van der Waals surface area (Å²) in [7, 11) is 0. The quantitative estimate of drug-likeness (QED) is 0.337. The fraction of sp³-hybridized carbons (Fsp3) is 1.00. The van der Waals surface area contributed by atoms with Gasteiger partial charge < -0.3 is 0 Å². The van der Waals surface area contributed by atoms with Gasteiger partial charge in [-0.2, -0.15) is 0 Å². The van der Waals surface area contributed by atoms with Crippen molar-refractivity contribution in [1.29, 1.82) is 0 Å². The SMILES string of the molecule is CC(CBr)[C@H]1CC[C@]2(C)[C@H]3CC[C@@H]4[C@@]5(C)CCCC(C)(C)[C@@H]5CC[C@@]4(C)[C@]3(C)CC[C@@H]12. The molecule has 0 saturated heterocycles. The van der Waals surface area contributed by atoms with E-state index in [0.717, 1.165) is 35.5 Å². The first kappa shape index (κ1) is 23.2. The molecule has 10 atom stereocenters. The van der Waals surface area contributed by atoms with Crippen LogP contribution in [-0.2, 0) is 0 Å². The van der Waals surface area contributed by atoms with Crippen LogP contribution in [0.3, 0.4) is 0 Å². The van der Waals surface area contributed by atoms with E-state index in [1.165, 1.54) is 76.0 Å². The maximum Gasteiger partial charge on any atom is 0.00597 e. The lowest BCUT2D eigenvalue weighted by molar-refractivity contribution is -0.241. The van der Waals surface area contributed by atoms with Crippen molar-refractivity contribution in [2.24, 2.45) is 62.6 Å². The molecule has 5 rings (SSSR count). The van der Waals surface area contributed by atoms with Gasteiger partial charge in [0.25, 0.3) is 0 Å². The lowest BCUT2D eigenvalue weighted by atomic mass is 9.32. The molecule has 0 aliphatic heterocycles. The zero-order chi connectivity index (χ0) is 22.4. The third kappa shape index (κ3) is 2.89. The summed E-state index contributed by atoms with van der Waals surface area (Å²) in [5, 5.41) is 1.20. The van der Waals surface area contributed by atoms with E-state index in [0.29, 0.717) is 27.1 Å². The van der Waals surface area contributed by atoms with Gasteiger partial charge in [-0.25, -0.2) is 0 Å². The van der Waals surface area contributed by atoms with E-state index in [4.69, 9.17) is 0 Å². The summed E-state index contributed by atoms with van der Waals surface area (Å²) in [6.07, 6.45) is 16.5. The molecule has 0 bridgehead atoms. The Labute approximate surface area is 202 Å². The van der Waals surface area contributed by atoms with E-state index in [1.54, 1.807) is 0 Å². The highest BCUT2D eigenvalue weighted by Gasteiger charge is 2.70. The molecule has 0 radical (unpaired) electrons. The van der Waals surface area contributed by atoms with Crippen molar-refractivity contribution >= 4 is 15.9 Å². The summed E-state index contributed by atoms with van der Waals surface area (Å²) in [5.74, 6) is 5.67. The minimum Gasteiger partial charge on any atom is -0.0925 e. The van der Waals surface area contributed by atoms with Crippen molar-refractivity contribution < 1.29 is 0 Å². The minimum absolute atomic E-state index is 0.556. The molecule has 178 valence electrons. The van der Waals surface area contributed by atoms with Gasteiger partial charge in [0.2, 0.25) is 0 Å². The van der Waals surface area contributed by atoms with Gasteiger partial charge in [0.15, 0.2) is 0 Å². The van der Waals surface area contributed by atoms with Crippen LogP contribution in [0.15, 0.2) is 0 Å². The fourth-order valence-corrected chi connectivity index (χ4v) is 12.6. The predicted molar refractivity (Wildman–Crippen MR) is 137 cm³/mol. The molecule has 0 nitrogen and oxygen atoms in total. The molecule has 1 heteroatoms. The number of fused-ring (bicyclic) bond motifs is 7. The number of alkyl halides is 1. The van der Waals surface area contributed by atoms with Crippen LogP contribution in [-0.4, -0.2) is 5.33 Å². The predicted octanol–water partition coefficient (Wildman–Crippen LogP) is 9.51. The molecular formula is C30H51Br. The van der Waals surface area contributed by atoms with Crippen molar-refractivity contribution in [2.45, 2.75) is 119 Å². The van der Waals surface area contributed by atoms with Gasteiger partial charge in [0.1, 0.15) is 0 Å². The Bertz CT molecular complexity index is 711. The van der Waals surface area contributed by atoms with Crippen molar-refractivity contribution in [3.8, 4) is 0 Å². The van der Waals surface area contributed by atoms with Gasteiger partial charge >= 0.3 is 0 Å². The average molecular weight is 492 g/mol. The Balaban J connectivity index is 1.50. The Morgan fingerprint density at radius 3 is 1.94 bits per heavy atom. The van der Waals surface area contributed by atoms with Crippen molar-refractivity contribution in [2.75, 3.05) is 5.33 Å². The van der Waals surface area contributed by atoms with Crippen molar-refractivity contribution in [1.82, 2.24) is 0 Å². The fourth-order valence-electron chi connectivity index (χ4n) is 12.1. The van der Waals surface area contributed by atoms with Crippen molar-refractivity contribution in [3.05, 3.63) is 0 Å². The first-order valence-corrected chi connectivity index (χ1v) is 15.1.